The Balaban J connectivity index is 0.000000263. The van der Waals surface area contributed by atoms with E-state index in [0.29, 0.717) is 47.2 Å². The number of aliphatic hydroxyl groups is 1. The molecule has 2 aliphatic heterocycles. The highest BCUT2D eigenvalue weighted by molar-refractivity contribution is 6.05. The summed E-state index contributed by atoms with van der Waals surface area (Å²) < 4.78 is 9.42. The van der Waals surface area contributed by atoms with E-state index >= 15 is 0 Å². The first-order valence-electron chi connectivity index (χ1n) is 12.4. The molecule has 0 bridgehead atoms. The molecule has 15 heteroatoms. The van der Waals surface area contributed by atoms with Crippen LogP contribution in [0.25, 0.3) is 0 Å². The lowest BCUT2D eigenvalue weighted by atomic mass is 10.2. The van der Waals surface area contributed by atoms with Crippen LogP contribution in [0.3, 0.4) is 0 Å². The highest BCUT2D eigenvalue weighted by atomic mass is 16.5. The number of aliphatic imine (C=N–C) groups is 2. The van der Waals surface area contributed by atoms with Crippen molar-refractivity contribution >= 4 is 35.0 Å². The number of aromatic nitrogens is 4. The van der Waals surface area contributed by atoms with Crippen molar-refractivity contribution < 1.29 is 24.5 Å². The molecule has 0 aromatic carbocycles. The van der Waals surface area contributed by atoms with Crippen LogP contribution in [0.5, 0.6) is 0 Å². The Labute approximate surface area is 233 Å². The van der Waals surface area contributed by atoms with Gasteiger partial charge in [-0.3, -0.25) is 27.9 Å². The lowest BCUT2D eigenvalue weighted by molar-refractivity contribution is -0.137. The number of fused-ring (bicyclic) bond motifs is 2. The first-order chi connectivity index (χ1) is 19.3. The molecule has 0 fully saturated rings. The van der Waals surface area contributed by atoms with E-state index in [-0.39, 0.29) is 18.6 Å². The molecule has 2 aliphatic rings. The number of hydrogen-bond acceptors (Lipinski definition) is 10. The van der Waals surface area contributed by atoms with Crippen LogP contribution in [-0.4, -0.2) is 65.1 Å². The van der Waals surface area contributed by atoms with Gasteiger partial charge in [-0.2, -0.15) is 0 Å². The van der Waals surface area contributed by atoms with Crippen LogP contribution in [0.15, 0.2) is 53.5 Å². The van der Waals surface area contributed by atoms with E-state index in [0.717, 1.165) is 15.2 Å². The molecule has 41 heavy (non-hydrogen) atoms. The highest BCUT2D eigenvalue weighted by Gasteiger charge is 2.23. The van der Waals surface area contributed by atoms with Gasteiger partial charge in [-0.25, -0.2) is 29.2 Å². The Morgan fingerprint density at radius 3 is 1.54 bits per heavy atom. The minimum absolute atomic E-state index is 0.236. The zero-order valence-corrected chi connectivity index (χ0v) is 23.6. The molecule has 220 valence electrons. The SMILES string of the molecule is CCO.CCOC(=O)/C=C/C1=Nc2c(c(=O)n(C)c(=O)n2C)C1.Cn1c2c(c(=O)n(C)c1=O)CC(/C=C/C(=O)O)=N2. The molecule has 0 amide bonds. The molecule has 2 aromatic rings. The Bertz CT molecular complexity index is 1710. The third-order valence-corrected chi connectivity index (χ3v) is 5.78. The molecular weight excluding hydrogens is 540 g/mol. The largest absolute Gasteiger partial charge is 0.478 e. The minimum Gasteiger partial charge on any atom is -0.478 e. The number of aliphatic hydroxyl groups excluding tert-OH is 1. The van der Waals surface area contributed by atoms with Gasteiger partial charge in [0.25, 0.3) is 11.1 Å². The molecule has 4 rings (SSSR count). The zero-order valence-electron chi connectivity index (χ0n) is 23.6. The minimum atomic E-state index is -1.09. The standard InChI is InChI=1S/C13H15N3O4.C11H11N3O4.C2H6O/c1-4-20-10(17)6-5-8-7-9-11(14-8)15(2)13(19)16(3)12(9)18;1-13-9-7(10(17)14(2)11(13)18)5-6(12-9)3-4-8(15)16;1-2-3/h5-6H,4,7H2,1-3H3;3-4H,5H2,1-2H3,(H,15,16);3H,2H2,1H3/b6-5+;4-3+;. The Kier molecular flexibility index (Phi) is 11.0. The number of allylic oxidation sites excluding steroid dienone is 2. The fraction of sp³-hybridized carbons (Fsp3) is 0.385. The second kappa shape index (κ2) is 13.9. The van der Waals surface area contributed by atoms with Crippen LogP contribution in [0, 0.1) is 0 Å². The lowest BCUT2D eigenvalue weighted by Crippen LogP contribution is -2.38. The highest BCUT2D eigenvalue weighted by Crippen LogP contribution is 2.22. The number of carboxylic acid groups (broad SMARTS) is 1. The van der Waals surface area contributed by atoms with E-state index in [1.54, 1.807) is 20.9 Å². The summed E-state index contributed by atoms with van der Waals surface area (Å²) in [4.78, 5) is 77.2. The third kappa shape index (κ3) is 7.39. The maximum atomic E-state index is 12.0. The fourth-order valence-electron chi connectivity index (χ4n) is 3.83. The van der Waals surface area contributed by atoms with Crippen LogP contribution in [0.2, 0.25) is 0 Å². The summed E-state index contributed by atoms with van der Waals surface area (Å²) in [7, 11) is 5.91. The monoisotopic (exact) mass is 572 g/mol. The second-order valence-corrected chi connectivity index (χ2v) is 8.65. The quantitative estimate of drug-likeness (QED) is 0.340. The molecule has 0 radical (unpaired) electrons. The van der Waals surface area contributed by atoms with Gasteiger partial charge in [0, 0.05) is 71.2 Å². The molecule has 0 saturated heterocycles. The molecule has 4 heterocycles. The Morgan fingerprint density at radius 1 is 0.780 bits per heavy atom. The molecule has 0 unspecified atom stereocenters. The van der Waals surface area contributed by atoms with Gasteiger partial charge in [0.1, 0.15) is 11.6 Å². The van der Waals surface area contributed by atoms with Gasteiger partial charge in [0.15, 0.2) is 0 Å². The number of rotatable bonds is 5. The van der Waals surface area contributed by atoms with E-state index in [2.05, 4.69) is 9.98 Å². The molecule has 0 spiro atoms. The van der Waals surface area contributed by atoms with Crippen molar-refractivity contribution in [2.75, 3.05) is 13.2 Å². The van der Waals surface area contributed by atoms with Gasteiger partial charge in [-0.15, -0.1) is 0 Å². The summed E-state index contributed by atoms with van der Waals surface area (Å²) in [6, 6.07) is 0. The third-order valence-electron chi connectivity index (χ3n) is 5.78. The van der Waals surface area contributed by atoms with Crippen molar-refractivity contribution in [3.05, 3.63) is 77.1 Å². The fourth-order valence-corrected chi connectivity index (χ4v) is 3.83. The summed E-state index contributed by atoms with van der Waals surface area (Å²) in [5, 5.41) is 16.1. The van der Waals surface area contributed by atoms with Crippen molar-refractivity contribution in [2.45, 2.75) is 26.7 Å². The number of carbonyl (C=O) groups excluding carboxylic acids is 1. The van der Waals surface area contributed by atoms with Crippen LogP contribution >= 0.6 is 0 Å². The first kappa shape index (κ1) is 32.3. The molecule has 2 N–H and O–H groups in total. The predicted molar refractivity (Wildman–Crippen MR) is 151 cm³/mol. The van der Waals surface area contributed by atoms with Crippen LogP contribution < -0.4 is 22.5 Å². The summed E-state index contributed by atoms with van der Waals surface area (Å²) >= 11 is 0. The van der Waals surface area contributed by atoms with E-state index < -0.39 is 28.9 Å². The van der Waals surface area contributed by atoms with E-state index in [9.17, 15) is 28.8 Å². The Hall–Kier alpha value is -4.92. The summed E-state index contributed by atoms with van der Waals surface area (Å²) in [6.45, 7) is 3.94. The Morgan fingerprint density at radius 2 is 1.17 bits per heavy atom. The van der Waals surface area contributed by atoms with Gasteiger partial charge >= 0.3 is 23.3 Å². The maximum Gasteiger partial charge on any atom is 0.332 e. The van der Waals surface area contributed by atoms with E-state index in [1.165, 1.54) is 48.5 Å². The smallest absolute Gasteiger partial charge is 0.332 e. The van der Waals surface area contributed by atoms with Crippen LogP contribution in [0.4, 0.5) is 11.6 Å². The van der Waals surface area contributed by atoms with Crippen molar-refractivity contribution in [3.8, 4) is 0 Å². The number of aliphatic carboxylic acids is 1. The first-order valence-corrected chi connectivity index (χ1v) is 12.4. The van der Waals surface area contributed by atoms with Crippen molar-refractivity contribution in [2.24, 2.45) is 38.2 Å². The van der Waals surface area contributed by atoms with Crippen LogP contribution in [0.1, 0.15) is 25.0 Å². The zero-order chi connectivity index (χ0) is 31.0. The van der Waals surface area contributed by atoms with Crippen LogP contribution in [-0.2, 0) is 55.4 Å². The normalized spacial score (nSPS) is 13.0. The van der Waals surface area contributed by atoms with Crippen molar-refractivity contribution in [1.29, 1.82) is 0 Å². The summed E-state index contributed by atoms with van der Waals surface area (Å²) in [6.07, 6.45) is 5.57. The average Bonchev–Trinajstić information content (AvgIpc) is 3.57. The van der Waals surface area contributed by atoms with Gasteiger partial charge < -0.3 is 14.9 Å². The van der Waals surface area contributed by atoms with E-state index in [1.807, 2.05) is 0 Å². The molecule has 15 nitrogen and oxygen atoms in total. The van der Waals surface area contributed by atoms with Gasteiger partial charge in [0.05, 0.1) is 17.7 Å². The summed E-state index contributed by atoms with van der Waals surface area (Å²) in [5.74, 6) is -0.904. The number of carbonyl (C=O) groups is 2. The van der Waals surface area contributed by atoms with Gasteiger partial charge in [-0.1, -0.05) is 0 Å². The van der Waals surface area contributed by atoms with Crippen molar-refractivity contribution in [3.63, 3.8) is 0 Å². The number of carboxylic acids is 1. The number of esters is 1. The molecule has 2 aromatic heterocycles. The average molecular weight is 573 g/mol. The molecule has 0 atom stereocenters. The number of nitrogens with zero attached hydrogens (tertiary/aromatic N) is 6. The van der Waals surface area contributed by atoms with Gasteiger partial charge in [0.2, 0.25) is 0 Å². The molecular formula is C26H32N6O9. The van der Waals surface area contributed by atoms with E-state index in [4.69, 9.17) is 14.9 Å². The van der Waals surface area contributed by atoms with Gasteiger partial charge in [-0.05, 0) is 26.0 Å². The topological polar surface area (TPSA) is 197 Å². The maximum absolute atomic E-state index is 12.0. The molecule has 0 aliphatic carbocycles. The predicted octanol–water partition coefficient (Wildman–Crippen LogP) is -0.816. The second-order valence-electron chi connectivity index (χ2n) is 8.65. The summed E-state index contributed by atoms with van der Waals surface area (Å²) in [5.41, 5.74) is 0.237. The number of ether oxygens (including phenoxy) is 1. The van der Waals surface area contributed by atoms with Crippen molar-refractivity contribution in [1.82, 2.24) is 18.3 Å². The molecule has 0 saturated carbocycles. The number of hydrogen-bond donors (Lipinski definition) is 2. The lowest BCUT2D eigenvalue weighted by Gasteiger charge is -2.05.